The van der Waals surface area contributed by atoms with Gasteiger partial charge in [0.15, 0.2) is 6.10 Å². The van der Waals surface area contributed by atoms with Crippen LogP contribution in [0.15, 0.2) is 12.2 Å². The molecule has 1 unspecified atom stereocenters. The second-order valence-corrected chi connectivity index (χ2v) is 23.5. The normalized spacial score (nSPS) is 12.0. The first kappa shape index (κ1) is 73.2. The lowest BCUT2D eigenvalue weighted by molar-refractivity contribution is -0.167. The number of carbonyl (C=O) groups excluding carboxylic acids is 3. The van der Waals surface area contributed by atoms with Crippen LogP contribution in [0.5, 0.6) is 0 Å². The van der Waals surface area contributed by atoms with Crippen LogP contribution in [-0.2, 0) is 28.6 Å². The van der Waals surface area contributed by atoms with E-state index in [9.17, 15) is 14.4 Å². The summed E-state index contributed by atoms with van der Waals surface area (Å²) in [4.78, 5) is 38.2. The first-order valence-corrected chi connectivity index (χ1v) is 34.2. The lowest BCUT2D eigenvalue weighted by Crippen LogP contribution is -2.30. The van der Waals surface area contributed by atoms with Gasteiger partial charge in [0, 0.05) is 19.3 Å². The van der Waals surface area contributed by atoms with E-state index in [1.165, 1.54) is 295 Å². The molecular formula is C69H132O6. The number of allylic oxidation sites excluding steroid dienone is 2. The second kappa shape index (κ2) is 64.7. The van der Waals surface area contributed by atoms with Crippen LogP contribution in [-0.4, -0.2) is 37.2 Å². The molecule has 0 aromatic carbocycles. The maximum Gasteiger partial charge on any atom is 0.306 e. The molecule has 0 rings (SSSR count). The van der Waals surface area contributed by atoms with E-state index in [4.69, 9.17) is 14.2 Å². The minimum Gasteiger partial charge on any atom is -0.462 e. The van der Waals surface area contributed by atoms with E-state index < -0.39 is 6.10 Å². The van der Waals surface area contributed by atoms with Crippen molar-refractivity contribution in [3.8, 4) is 0 Å². The fourth-order valence-corrected chi connectivity index (χ4v) is 10.6. The summed E-state index contributed by atoms with van der Waals surface area (Å²) in [5.74, 6) is -0.833. The minimum atomic E-state index is -0.763. The minimum absolute atomic E-state index is 0.0623. The van der Waals surface area contributed by atoms with Crippen LogP contribution in [0.2, 0.25) is 0 Å². The van der Waals surface area contributed by atoms with Gasteiger partial charge in [-0.1, -0.05) is 341 Å². The Morgan fingerprint density at radius 1 is 0.253 bits per heavy atom. The molecule has 0 saturated carbocycles. The summed E-state index contributed by atoms with van der Waals surface area (Å²) < 4.78 is 16.9. The zero-order valence-electron chi connectivity index (χ0n) is 51.1. The maximum atomic E-state index is 12.8. The van der Waals surface area contributed by atoms with Crippen molar-refractivity contribution in [2.24, 2.45) is 0 Å². The van der Waals surface area contributed by atoms with Gasteiger partial charge in [-0.2, -0.15) is 0 Å². The molecule has 0 bridgehead atoms. The van der Waals surface area contributed by atoms with Gasteiger partial charge in [0.05, 0.1) is 0 Å². The largest absolute Gasteiger partial charge is 0.462 e. The molecule has 0 aliphatic heterocycles. The molecule has 0 aliphatic rings. The number of hydrogen-bond acceptors (Lipinski definition) is 6. The Bertz CT molecular complexity index is 1170. The molecule has 0 saturated heterocycles. The Morgan fingerprint density at radius 3 is 0.667 bits per heavy atom. The van der Waals surface area contributed by atoms with Gasteiger partial charge in [-0.3, -0.25) is 14.4 Å². The summed E-state index contributed by atoms with van der Waals surface area (Å²) in [6.45, 7) is 6.70. The predicted octanol–water partition coefficient (Wildman–Crippen LogP) is 23.2. The van der Waals surface area contributed by atoms with Crippen molar-refractivity contribution in [2.75, 3.05) is 13.2 Å². The van der Waals surface area contributed by atoms with Crippen LogP contribution in [0.1, 0.15) is 393 Å². The van der Waals surface area contributed by atoms with Crippen LogP contribution in [0.3, 0.4) is 0 Å². The molecule has 0 spiro atoms. The lowest BCUT2D eigenvalue weighted by atomic mass is 10.0. The molecule has 0 heterocycles. The number of hydrogen-bond donors (Lipinski definition) is 0. The molecular weight excluding hydrogens is 925 g/mol. The average molecular weight is 1060 g/mol. The lowest BCUT2D eigenvalue weighted by Gasteiger charge is -2.18. The van der Waals surface area contributed by atoms with Gasteiger partial charge in [-0.05, 0) is 44.9 Å². The Balaban J connectivity index is 3.99. The highest BCUT2D eigenvalue weighted by Gasteiger charge is 2.19. The number of unbranched alkanes of at least 4 members (excludes halogenated alkanes) is 51. The summed E-state index contributed by atoms with van der Waals surface area (Å²) in [5, 5.41) is 0. The topological polar surface area (TPSA) is 78.9 Å². The molecule has 0 radical (unpaired) electrons. The Labute approximate surface area is 469 Å². The molecule has 444 valence electrons. The van der Waals surface area contributed by atoms with Gasteiger partial charge < -0.3 is 14.2 Å². The van der Waals surface area contributed by atoms with Gasteiger partial charge >= 0.3 is 17.9 Å². The van der Waals surface area contributed by atoms with Gasteiger partial charge in [-0.25, -0.2) is 0 Å². The smallest absolute Gasteiger partial charge is 0.306 e. The first-order valence-electron chi connectivity index (χ1n) is 34.2. The van der Waals surface area contributed by atoms with Crippen LogP contribution >= 0.6 is 0 Å². The van der Waals surface area contributed by atoms with Crippen molar-refractivity contribution < 1.29 is 28.6 Å². The average Bonchev–Trinajstić information content (AvgIpc) is 3.41. The molecule has 0 aliphatic carbocycles. The van der Waals surface area contributed by atoms with Gasteiger partial charge in [-0.15, -0.1) is 0 Å². The molecule has 0 aromatic rings. The zero-order chi connectivity index (χ0) is 54.3. The molecule has 0 fully saturated rings. The number of carbonyl (C=O) groups is 3. The highest BCUT2D eigenvalue weighted by atomic mass is 16.6. The molecule has 75 heavy (non-hydrogen) atoms. The van der Waals surface area contributed by atoms with E-state index in [-0.39, 0.29) is 31.1 Å². The standard InChI is InChI=1S/C69H132O6/c1-4-7-10-13-16-19-22-24-25-26-27-28-29-30-31-32-33-34-35-36-37-38-39-40-41-42-43-45-47-50-53-56-59-62-68(71)74-65-66(64-73-67(70)61-58-55-52-49-46-21-18-15-12-9-6-3)75-69(72)63-60-57-54-51-48-44-23-20-17-14-11-8-5-2/h26-27,66H,4-25,28-65H2,1-3H3/b27-26-. The van der Waals surface area contributed by atoms with Gasteiger partial charge in [0.1, 0.15) is 13.2 Å². The summed E-state index contributed by atoms with van der Waals surface area (Å²) in [5.41, 5.74) is 0. The van der Waals surface area contributed by atoms with E-state index in [0.29, 0.717) is 19.3 Å². The fourth-order valence-electron chi connectivity index (χ4n) is 10.6. The number of ether oxygens (including phenoxy) is 3. The van der Waals surface area contributed by atoms with E-state index >= 15 is 0 Å². The highest BCUT2D eigenvalue weighted by molar-refractivity contribution is 5.71. The summed E-state index contributed by atoms with van der Waals surface area (Å²) >= 11 is 0. The molecule has 0 N–H and O–H groups in total. The highest BCUT2D eigenvalue weighted by Crippen LogP contribution is 2.19. The van der Waals surface area contributed by atoms with E-state index in [1.807, 2.05) is 0 Å². The van der Waals surface area contributed by atoms with Crippen molar-refractivity contribution in [2.45, 2.75) is 399 Å². The maximum absolute atomic E-state index is 12.8. The summed E-state index contributed by atoms with van der Waals surface area (Å²) in [6, 6.07) is 0. The van der Waals surface area contributed by atoms with Crippen LogP contribution in [0.25, 0.3) is 0 Å². The molecule has 6 nitrogen and oxygen atoms in total. The summed E-state index contributed by atoms with van der Waals surface area (Å²) in [6.07, 6.45) is 76.9. The van der Waals surface area contributed by atoms with Crippen LogP contribution in [0, 0.1) is 0 Å². The Morgan fingerprint density at radius 2 is 0.440 bits per heavy atom. The fraction of sp³-hybridized carbons (Fsp3) is 0.928. The van der Waals surface area contributed by atoms with Crippen molar-refractivity contribution in [3.05, 3.63) is 12.2 Å². The Kier molecular flexibility index (Phi) is 63.1. The predicted molar refractivity (Wildman–Crippen MR) is 326 cm³/mol. The third-order valence-electron chi connectivity index (χ3n) is 15.8. The van der Waals surface area contributed by atoms with Gasteiger partial charge in [0.2, 0.25) is 0 Å². The second-order valence-electron chi connectivity index (χ2n) is 23.5. The number of esters is 3. The van der Waals surface area contributed by atoms with Crippen molar-refractivity contribution in [3.63, 3.8) is 0 Å². The molecule has 1 atom stereocenters. The quantitative estimate of drug-likeness (QED) is 0.0261. The summed E-state index contributed by atoms with van der Waals surface area (Å²) in [7, 11) is 0. The molecule has 0 aromatic heterocycles. The van der Waals surface area contributed by atoms with Crippen LogP contribution in [0.4, 0.5) is 0 Å². The van der Waals surface area contributed by atoms with E-state index in [1.54, 1.807) is 0 Å². The first-order chi connectivity index (χ1) is 37.0. The number of rotatable bonds is 64. The van der Waals surface area contributed by atoms with Crippen molar-refractivity contribution in [1.82, 2.24) is 0 Å². The third-order valence-corrected chi connectivity index (χ3v) is 15.8. The molecule has 6 heteroatoms. The van der Waals surface area contributed by atoms with Gasteiger partial charge in [0.25, 0.3) is 0 Å². The van der Waals surface area contributed by atoms with Crippen molar-refractivity contribution >= 4 is 17.9 Å². The van der Waals surface area contributed by atoms with E-state index in [0.717, 1.165) is 57.8 Å². The third kappa shape index (κ3) is 62.9. The van der Waals surface area contributed by atoms with Crippen LogP contribution < -0.4 is 0 Å². The molecule has 0 amide bonds. The SMILES string of the molecule is CCCCCCCCCC/C=C\CCCCCCCCCCCCCCCCCCCCCCCC(=O)OCC(COC(=O)CCCCCCCCCCCCC)OC(=O)CCCCCCCCCCCCCCC. The zero-order valence-corrected chi connectivity index (χ0v) is 51.1. The Hall–Kier alpha value is -1.85. The van der Waals surface area contributed by atoms with E-state index in [2.05, 4.69) is 32.9 Å². The van der Waals surface area contributed by atoms with Crippen molar-refractivity contribution in [1.29, 1.82) is 0 Å². The monoisotopic (exact) mass is 1060 g/mol.